The summed E-state index contributed by atoms with van der Waals surface area (Å²) in [7, 11) is 0. The number of carbonyl (C=O) groups is 1. The number of aromatic nitrogens is 1. The van der Waals surface area contributed by atoms with E-state index in [0.29, 0.717) is 12.3 Å². The fraction of sp³-hybridized carbons (Fsp3) is 0.333. The lowest BCUT2D eigenvalue weighted by atomic mass is 10.0. The number of nitrogens with zero attached hydrogens (tertiary/aromatic N) is 1. The van der Waals surface area contributed by atoms with Crippen LogP contribution in [0.2, 0.25) is 0 Å². The van der Waals surface area contributed by atoms with Crippen LogP contribution >= 0.6 is 0 Å². The summed E-state index contributed by atoms with van der Waals surface area (Å²) in [5, 5.41) is 2.70. The number of amides is 1. The third kappa shape index (κ3) is 4.71. The largest absolute Gasteiger partial charge is 0.417 e. The monoisotopic (exact) mass is 352 g/mol. The van der Waals surface area contributed by atoms with Crippen molar-refractivity contribution in [3.63, 3.8) is 0 Å². The van der Waals surface area contributed by atoms with Gasteiger partial charge in [0.1, 0.15) is 6.54 Å². The van der Waals surface area contributed by atoms with Gasteiger partial charge < -0.3 is 9.88 Å². The van der Waals surface area contributed by atoms with Gasteiger partial charge in [0, 0.05) is 12.3 Å². The van der Waals surface area contributed by atoms with Crippen LogP contribution in [0.3, 0.4) is 0 Å². The third-order valence-corrected chi connectivity index (χ3v) is 4.03. The highest BCUT2D eigenvalue weighted by Crippen LogP contribution is 2.28. The smallest absolute Gasteiger partial charge is 0.348 e. The van der Waals surface area contributed by atoms with E-state index in [2.05, 4.69) is 5.32 Å². The lowest BCUT2D eigenvalue weighted by Crippen LogP contribution is -2.34. The lowest BCUT2D eigenvalue weighted by molar-refractivity contribution is -0.138. The Morgan fingerprint density at radius 3 is 2.44 bits per heavy atom. The molecule has 2 aromatic rings. The third-order valence-electron chi connectivity index (χ3n) is 4.03. The van der Waals surface area contributed by atoms with Crippen LogP contribution in [0, 0.1) is 13.8 Å². The molecule has 0 radical (unpaired) electrons. The average molecular weight is 352 g/mol. The highest BCUT2D eigenvalue weighted by molar-refractivity contribution is 5.76. The predicted octanol–water partition coefficient (Wildman–Crippen LogP) is 3.36. The standard InChI is InChI=1S/C18H19F3N2O2/c1-11-4-5-14(8-12(11)2)13(3)22-16(24)10-23-9-15(18(19,20)21)6-7-17(23)25/h4-9,13H,10H2,1-3H3,(H,22,24)/t13-/m0/s1. The van der Waals surface area contributed by atoms with E-state index in [-0.39, 0.29) is 6.04 Å². The number of hydrogen-bond donors (Lipinski definition) is 1. The van der Waals surface area contributed by atoms with Crippen molar-refractivity contribution in [3.05, 3.63) is 69.1 Å². The summed E-state index contributed by atoms with van der Waals surface area (Å²) < 4.78 is 38.9. The highest BCUT2D eigenvalue weighted by Gasteiger charge is 2.31. The lowest BCUT2D eigenvalue weighted by Gasteiger charge is -2.16. The van der Waals surface area contributed by atoms with E-state index in [1.807, 2.05) is 32.0 Å². The number of carbonyl (C=O) groups excluding carboxylic acids is 1. The Balaban J connectivity index is 2.12. The molecular formula is C18H19F3N2O2. The Hall–Kier alpha value is -2.57. The van der Waals surface area contributed by atoms with E-state index >= 15 is 0 Å². The minimum absolute atomic E-state index is 0.326. The SMILES string of the molecule is Cc1ccc([C@H](C)NC(=O)Cn2cc(C(F)(F)F)ccc2=O)cc1C. The van der Waals surface area contributed by atoms with Crippen LogP contribution < -0.4 is 10.9 Å². The molecule has 1 atom stereocenters. The Labute approximate surface area is 143 Å². The van der Waals surface area contributed by atoms with Gasteiger partial charge >= 0.3 is 6.18 Å². The summed E-state index contributed by atoms with van der Waals surface area (Å²) in [5.41, 5.74) is 1.45. The molecule has 134 valence electrons. The van der Waals surface area contributed by atoms with E-state index in [9.17, 15) is 22.8 Å². The number of alkyl halides is 3. The van der Waals surface area contributed by atoms with Crippen LogP contribution in [0.1, 0.15) is 35.2 Å². The molecule has 0 unspecified atom stereocenters. The summed E-state index contributed by atoms with van der Waals surface area (Å²) in [4.78, 5) is 23.8. The predicted molar refractivity (Wildman–Crippen MR) is 88.2 cm³/mol. The van der Waals surface area contributed by atoms with Gasteiger partial charge in [-0.1, -0.05) is 18.2 Å². The molecule has 0 saturated carbocycles. The first-order chi connectivity index (χ1) is 11.6. The zero-order valence-corrected chi connectivity index (χ0v) is 14.1. The first-order valence-corrected chi connectivity index (χ1v) is 7.72. The molecule has 0 fully saturated rings. The second-order valence-corrected chi connectivity index (χ2v) is 6.01. The molecule has 0 spiro atoms. The summed E-state index contributed by atoms with van der Waals surface area (Å²) in [6.45, 7) is 5.23. The number of aryl methyl sites for hydroxylation is 2. The maximum Gasteiger partial charge on any atom is 0.417 e. The number of hydrogen-bond acceptors (Lipinski definition) is 2. The fourth-order valence-electron chi connectivity index (χ4n) is 2.38. The zero-order chi connectivity index (χ0) is 18.8. The molecule has 1 amide bonds. The number of pyridine rings is 1. The van der Waals surface area contributed by atoms with E-state index in [0.717, 1.165) is 27.3 Å². The molecule has 1 heterocycles. The highest BCUT2D eigenvalue weighted by atomic mass is 19.4. The molecule has 0 aliphatic rings. The molecule has 1 N–H and O–H groups in total. The fourth-order valence-corrected chi connectivity index (χ4v) is 2.38. The molecule has 0 aliphatic carbocycles. The second kappa shape index (κ2) is 7.13. The molecular weight excluding hydrogens is 333 g/mol. The quantitative estimate of drug-likeness (QED) is 0.917. The summed E-state index contributed by atoms with van der Waals surface area (Å²) in [5.74, 6) is -0.535. The van der Waals surface area contributed by atoms with Gasteiger partial charge in [-0.2, -0.15) is 13.2 Å². The van der Waals surface area contributed by atoms with E-state index in [1.54, 1.807) is 6.92 Å². The van der Waals surface area contributed by atoms with Crippen molar-refractivity contribution in [2.45, 2.75) is 39.5 Å². The Morgan fingerprint density at radius 2 is 1.84 bits per heavy atom. The Morgan fingerprint density at radius 1 is 1.16 bits per heavy atom. The molecule has 0 saturated heterocycles. The van der Waals surface area contributed by atoms with Crippen molar-refractivity contribution >= 4 is 5.91 Å². The maximum atomic E-state index is 12.7. The van der Waals surface area contributed by atoms with Crippen LogP contribution in [0.5, 0.6) is 0 Å². The van der Waals surface area contributed by atoms with Crippen LogP contribution in [-0.2, 0) is 17.5 Å². The minimum Gasteiger partial charge on any atom is -0.348 e. The topological polar surface area (TPSA) is 51.1 Å². The number of benzene rings is 1. The van der Waals surface area contributed by atoms with Crippen LogP contribution in [0.4, 0.5) is 13.2 Å². The molecule has 7 heteroatoms. The zero-order valence-electron chi connectivity index (χ0n) is 14.1. The summed E-state index contributed by atoms with van der Waals surface area (Å²) in [6.07, 6.45) is -3.92. The number of nitrogens with one attached hydrogen (secondary N) is 1. The van der Waals surface area contributed by atoms with Crippen molar-refractivity contribution in [1.29, 1.82) is 0 Å². The molecule has 0 bridgehead atoms. The van der Waals surface area contributed by atoms with E-state index in [1.165, 1.54) is 0 Å². The van der Waals surface area contributed by atoms with Crippen molar-refractivity contribution in [2.24, 2.45) is 0 Å². The van der Waals surface area contributed by atoms with Crippen LogP contribution in [0.25, 0.3) is 0 Å². The molecule has 2 rings (SSSR count). The first-order valence-electron chi connectivity index (χ1n) is 7.72. The van der Waals surface area contributed by atoms with Gasteiger partial charge in [0.25, 0.3) is 5.56 Å². The van der Waals surface area contributed by atoms with Gasteiger partial charge in [-0.3, -0.25) is 9.59 Å². The van der Waals surface area contributed by atoms with Crippen LogP contribution in [0.15, 0.2) is 41.3 Å². The summed E-state index contributed by atoms with van der Waals surface area (Å²) in [6, 6.07) is 6.94. The molecule has 0 aliphatic heterocycles. The maximum absolute atomic E-state index is 12.7. The van der Waals surface area contributed by atoms with Gasteiger partial charge in [0.2, 0.25) is 5.91 Å². The van der Waals surface area contributed by atoms with Gasteiger partial charge in [0.15, 0.2) is 0 Å². The Kier molecular flexibility index (Phi) is 5.35. The van der Waals surface area contributed by atoms with E-state index < -0.39 is 29.8 Å². The van der Waals surface area contributed by atoms with Gasteiger partial charge in [-0.25, -0.2) is 0 Å². The van der Waals surface area contributed by atoms with Crippen molar-refractivity contribution < 1.29 is 18.0 Å². The number of halogens is 3. The van der Waals surface area contributed by atoms with Gasteiger partial charge in [-0.15, -0.1) is 0 Å². The second-order valence-electron chi connectivity index (χ2n) is 6.01. The normalized spacial score (nSPS) is 12.7. The Bertz CT molecular complexity index is 841. The molecule has 4 nitrogen and oxygen atoms in total. The minimum atomic E-state index is -4.57. The molecule has 25 heavy (non-hydrogen) atoms. The average Bonchev–Trinajstić information content (AvgIpc) is 2.50. The number of rotatable bonds is 4. The van der Waals surface area contributed by atoms with Crippen molar-refractivity contribution in [2.75, 3.05) is 0 Å². The molecule has 1 aromatic carbocycles. The first kappa shape index (κ1) is 18.8. The molecule has 1 aromatic heterocycles. The van der Waals surface area contributed by atoms with E-state index in [4.69, 9.17) is 0 Å². The van der Waals surface area contributed by atoms with Crippen LogP contribution in [-0.4, -0.2) is 10.5 Å². The summed E-state index contributed by atoms with van der Waals surface area (Å²) >= 11 is 0. The van der Waals surface area contributed by atoms with Gasteiger partial charge in [-0.05, 0) is 43.5 Å². The van der Waals surface area contributed by atoms with Crippen molar-refractivity contribution in [1.82, 2.24) is 9.88 Å². The van der Waals surface area contributed by atoms with Crippen molar-refractivity contribution in [3.8, 4) is 0 Å². The van der Waals surface area contributed by atoms with Gasteiger partial charge in [0.05, 0.1) is 11.6 Å².